The standard InChI is InChI=1S/2C68H39NO2S/c1-6-22-49-41(17-1)42-18-2-7-23-50(42)67(49)52-25-9-4-21-46(52)65-55(67)28-15-29-57(65)69(40-35-36-45-44-20-5-12-31-59(44)70-61(45)37-40)58-30-16-32-60-66(58)48-38-47-43-19-3-8-24-51(43)68(56(47)39-62(48)71-60)53-26-10-13-33-63(53)72-64-34-14-11-27-54(64)68;1-6-23-50-41(17-1)42-18-2-7-24-51(42)67(50)52-25-8-3-19-43(52)45-36-35-40(37-56(45)67)69(59-30-15-22-47-46-21-5-12-31-60(46)71-66(47)59)58-29-16-32-61-65(58)49-38-48-44-20-4-9-26-53(44)68(57(48)39-62(49)70-61)54-27-10-13-33-63(54)72-64-34-14-11-28-55(64)68/h2*1-39H. The molecule has 6 nitrogen and oxygen atoms in total. The topological polar surface area (TPSA) is 59.0 Å². The first-order valence-corrected chi connectivity index (χ1v) is 51.3. The van der Waals surface area contributed by atoms with Crippen LogP contribution < -0.4 is 9.80 Å². The van der Waals surface area contributed by atoms with Gasteiger partial charge in [0.1, 0.15) is 39.1 Å². The molecule has 0 unspecified atom stereocenters. The number of furan rings is 4. The molecule has 26 aromatic rings. The molecule has 668 valence electrons. The average molecular weight is 1870 g/mol. The average Bonchev–Trinajstić information content (AvgIpc) is 1.50. The monoisotopic (exact) mass is 1870 g/mol. The van der Waals surface area contributed by atoms with Crippen molar-refractivity contribution >= 4 is 145 Å². The minimum absolute atomic E-state index is 0.503. The van der Waals surface area contributed by atoms with Crippen molar-refractivity contribution in [1.29, 1.82) is 0 Å². The van der Waals surface area contributed by atoms with E-state index in [0.717, 1.165) is 122 Å². The Morgan fingerprint density at radius 3 is 0.917 bits per heavy atom. The van der Waals surface area contributed by atoms with Crippen LogP contribution in [-0.2, 0) is 21.7 Å². The summed E-state index contributed by atoms with van der Waals surface area (Å²) in [6, 6.07) is 175. The van der Waals surface area contributed by atoms with Crippen LogP contribution in [0.3, 0.4) is 0 Å². The van der Waals surface area contributed by atoms with E-state index in [9.17, 15) is 0 Å². The molecule has 4 aromatic heterocycles. The summed E-state index contributed by atoms with van der Waals surface area (Å²) in [5.41, 5.74) is 46.8. The highest BCUT2D eigenvalue weighted by Crippen LogP contribution is 2.71. The van der Waals surface area contributed by atoms with E-state index in [1.165, 1.54) is 175 Å². The number of para-hydroxylation sites is 3. The number of hydrogen-bond donors (Lipinski definition) is 0. The fraction of sp³-hybridized carbons (Fsp3) is 0.0294. The summed E-state index contributed by atoms with van der Waals surface area (Å²) in [5.74, 6) is 0. The highest BCUT2D eigenvalue weighted by molar-refractivity contribution is 7.99. The molecule has 22 aromatic carbocycles. The first kappa shape index (κ1) is 79.2. The highest BCUT2D eigenvalue weighted by atomic mass is 32.2. The fourth-order valence-electron chi connectivity index (χ4n) is 27.8. The number of fused-ring (bicyclic) bond motifs is 50. The maximum Gasteiger partial charge on any atom is 0.159 e. The Hall–Kier alpha value is -17.7. The van der Waals surface area contributed by atoms with Crippen LogP contribution in [0.15, 0.2) is 510 Å². The van der Waals surface area contributed by atoms with Crippen molar-refractivity contribution < 1.29 is 17.7 Å². The van der Waals surface area contributed by atoms with Crippen molar-refractivity contribution in [2.24, 2.45) is 0 Å². The molecule has 0 saturated heterocycles. The Labute approximate surface area is 836 Å². The molecule has 0 radical (unpaired) electrons. The van der Waals surface area contributed by atoms with Crippen LogP contribution in [-0.4, -0.2) is 0 Å². The van der Waals surface area contributed by atoms with Crippen LogP contribution in [0, 0.1) is 0 Å². The Morgan fingerprint density at radius 2 is 0.444 bits per heavy atom. The van der Waals surface area contributed by atoms with E-state index < -0.39 is 21.7 Å². The molecule has 0 amide bonds. The SMILES string of the molecule is c1ccc2c(c1)Sc1ccccc1C21c2ccccc2-c2cc3c(cc21)oc1cccc(N(c2ccc4c(c2)C2(c5ccccc5-c5ccccc52)c2ccccc2-4)c2cccc4c2oc2ccccc24)c13.c1ccc2c(c1)Sc1ccccc1C21c2ccccc2-c2cc3c(cc21)oc1cccc(N(c2ccc4c(c2)oc2ccccc24)c2cccc4c2-c2ccccc2C42c4ccccc4-c4ccccc42)c13. The molecule has 0 N–H and O–H groups in total. The Kier molecular flexibility index (Phi) is 16.0. The first-order valence-electron chi connectivity index (χ1n) is 49.6. The van der Waals surface area contributed by atoms with Gasteiger partial charge < -0.3 is 27.5 Å². The van der Waals surface area contributed by atoms with Crippen molar-refractivity contribution in [3.05, 3.63) is 562 Å². The predicted octanol–water partition coefficient (Wildman–Crippen LogP) is 36.3. The van der Waals surface area contributed by atoms with E-state index in [1.54, 1.807) is 0 Å². The third-order valence-corrected chi connectivity index (χ3v) is 35.4. The number of rotatable bonds is 6. The lowest BCUT2D eigenvalue weighted by Gasteiger charge is -2.39. The van der Waals surface area contributed by atoms with E-state index in [-0.39, 0.29) is 0 Å². The number of hydrogen-bond acceptors (Lipinski definition) is 8. The van der Waals surface area contributed by atoms with E-state index in [2.05, 4.69) is 477 Å². The molecular formula is C136H78N2O4S2. The zero-order valence-electron chi connectivity index (χ0n) is 77.4. The van der Waals surface area contributed by atoms with Gasteiger partial charge in [0.05, 0.1) is 55.2 Å². The molecule has 34 rings (SSSR count). The molecular weight excluding hydrogens is 1790 g/mol. The maximum atomic E-state index is 7.21. The molecule has 0 bridgehead atoms. The molecule has 4 spiro atoms. The third-order valence-electron chi connectivity index (χ3n) is 33.1. The predicted molar refractivity (Wildman–Crippen MR) is 587 cm³/mol. The van der Waals surface area contributed by atoms with Gasteiger partial charge in [-0.15, -0.1) is 0 Å². The summed E-state index contributed by atoms with van der Waals surface area (Å²) in [4.78, 5) is 10.1. The quantitative estimate of drug-likeness (QED) is 0.163. The Balaban J connectivity index is 0.000000127. The van der Waals surface area contributed by atoms with Crippen LogP contribution in [0.5, 0.6) is 0 Å². The van der Waals surface area contributed by atoms with Gasteiger partial charge in [-0.25, -0.2) is 0 Å². The van der Waals surface area contributed by atoms with Gasteiger partial charge in [0, 0.05) is 74.9 Å². The van der Waals surface area contributed by atoms with Crippen LogP contribution in [0.4, 0.5) is 34.1 Å². The van der Waals surface area contributed by atoms with Gasteiger partial charge in [-0.3, -0.25) is 0 Å². The van der Waals surface area contributed by atoms with E-state index in [1.807, 2.05) is 29.6 Å². The van der Waals surface area contributed by atoms with Gasteiger partial charge in [-0.05, 0) is 272 Å². The summed E-state index contributed by atoms with van der Waals surface area (Å²) < 4.78 is 28.1. The second-order valence-electron chi connectivity index (χ2n) is 39.5. The summed E-state index contributed by atoms with van der Waals surface area (Å²) in [7, 11) is 0. The van der Waals surface area contributed by atoms with Gasteiger partial charge in [0.15, 0.2) is 5.58 Å². The summed E-state index contributed by atoms with van der Waals surface area (Å²) in [6.45, 7) is 0. The van der Waals surface area contributed by atoms with E-state index in [4.69, 9.17) is 17.7 Å². The Morgan fingerprint density at radius 1 is 0.160 bits per heavy atom. The zero-order valence-corrected chi connectivity index (χ0v) is 79.0. The second-order valence-corrected chi connectivity index (χ2v) is 41.6. The number of anilines is 6. The normalized spacial score (nSPS) is 14.6. The molecule has 0 fully saturated rings. The van der Waals surface area contributed by atoms with Crippen LogP contribution >= 0.6 is 23.5 Å². The molecule has 6 aliphatic carbocycles. The van der Waals surface area contributed by atoms with Crippen molar-refractivity contribution in [2.75, 3.05) is 9.80 Å². The lowest BCUT2D eigenvalue weighted by Crippen LogP contribution is -2.31. The van der Waals surface area contributed by atoms with Crippen LogP contribution in [0.2, 0.25) is 0 Å². The first-order chi connectivity index (χ1) is 71.4. The largest absolute Gasteiger partial charge is 0.456 e. The second kappa shape index (κ2) is 29.0. The van der Waals surface area contributed by atoms with Crippen molar-refractivity contribution in [2.45, 2.75) is 41.2 Å². The maximum absolute atomic E-state index is 7.21. The number of benzene rings is 22. The van der Waals surface area contributed by atoms with Gasteiger partial charge in [-0.1, -0.05) is 369 Å². The Bertz CT molecular complexity index is 10000. The highest BCUT2D eigenvalue weighted by Gasteiger charge is 2.57. The van der Waals surface area contributed by atoms with Gasteiger partial charge >= 0.3 is 0 Å². The van der Waals surface area contributed by atoms with E-state index >= 15 is 0 Å². The third kappa shape index (κ3) is 10.0. The van der Waals surface area contributed by atoms with Gasteiger partial charge in [0.25, 0.3) is 0 Å². The number of nitrogens with zero attached hydrogens (tertiary/aromatic N) is 2. The van der Waals surface area contributed by atoms with Gasteiger partial charge in [0.2, 0.25) is 0 Å². The van der Waals surface area contributed by atoms with Crippen LogP contribution in [0.1, 0.15) is 89.0 Å². The molecule has 2 aliphatic heterocycles. The van der Waals surface area contributed by atoms with Crippen molar-refractivity contribution in [3.8, 4) is 66.8 Å². The lowest BCUT2D eigenvalue weighted by molar-refractivity contribution is 0.664. The van der Waals surface area contributed by atoms with Crippen molar-refractivity contribution in [1.82, 2.24) is 0 Å². The van der Waals surface area contributed by atoms with Crippen LogP contribution in [0.25, 0.3) is 155 Å². The molecule has 0 saturated carbocycles. The molecule has 6 heterocycles. The lowest BCUT2D eigenvalue weighted by atomic mass is 9.67. The smallest absolute Gasteiger partial charge is 0.159 e. The minimum Gasteiger partial charge on any atom is -0.456 e. The molecule has 8 heteroatoms. The van der Waals surface area contributed by atoms with E-state index in [0.29, 0.717) is 0 Å². The molecule has 144 heavy (non-hydrogen) atoms. The fourth-order valence-corrected chi connectivity index (χ4v) is 30.2. The zero-order chi connectivity index (χ0) is 93.7. The van der Waals surface area contributed by atoms with Crippen molar-refractivity contribution in [3.63, 3.8) is 0 Å². The summed E-state index contributed by atoms with van der Waals surface area (Å²) in [5, 5.41) is 8.64. The minimum atomic E-state index is -0.515. The summed E-state index contributed by atoms with van der Waals surface area (Å²) >= 11 is 3.74. The van der Waals surface area contributed by atoms with Gasteiger partial charge in [-0.2, -0.15) is 0 Å². The molecule has 0 atom stereocenters. The molecule has 8 aliphatic rings. The summed E-state index contributed by atoms with van der Waals surface area (Å²) in [6.07, 6.45) is 0.